The van der Waals surface area contributed by atoms with Gasteiger partial charge in [0, 0.05) is 30.0 Å². The third-order valence-corrected chi connectivity index (χ3v) is 5.57. The average molecular weight is 357 g/mol. The van der Waals surface area contributed by atoms with Gasteiger partial charge in [0.2, 0.25) is 5.95 Å². The molecule has 2 heterocycles. The van der Waals surface area contributed by atoms with E-state index in [9.17, 15) is 5.11 Å². The lowest BCUT2D eigenvalue weighted by Crippen LogP contribution is -2.17. The van der Waals surface area contributed by atoms with Gasteiger partial charge in [-0.3, -0.25) is 0 Å². The van der Waals surface area contributed by atoms with E-state index in [1.807, 2.05) is 11.6 Å². The molecule has 0 saturated heterocycles. The summed E-state index contributed by atoms with van der Waals surface area (Å²) in [6.45, 7) is 0.906. The monoisotopic (exact) mass is 357 g/mol. The van der Waals surface area contributed by atoms with Gasteiger partial charge in [-0.25, -0.2) is 15.0 Å². The molecule has 2 aliphatic rings. The third kappa shape index (κ3) is 4.41. The van der Waals surface area contributed by atoms with E-state index >= 15 is 0 Å². The van der Waals surface area contributed by atoms with E-state index in [-0.39, 0.29) is 6.10 Å². The van der Waals surface area contributed by atoms with Gasteiger partial charge in [-0.15, -0.1) is 11.3 Å². The maximum absolute atomic E-state index is 9.69. The van der Waals surface area contributed by atoms with Crippen LogP contribution in [0.2, 0.25) is 0 Å². The van der Waals surface area contributed by atoms with Crippen molar-refractivity contribution in [3.63, 3.8) is 0 Å². The number of nitrogens with zero attached hydrogens (tertiary/aromatic N) is 4. The highest BCUT2D eigenvalue weighted by Gasteiger charge is 2.21. The Labute approximate surface area is 151 Å². The zero-order chi connectivity index (χ0) is 17.1. The molecule has 2 fully saturated rings. The molecule has 0 spiro atoms. The third-order valence-electron chi connectivity index (χ3n) is 4.76. The fourth-order valence-corrected chi connectivity index (χ4v) is 3.69. The van der Waals surface area contributed by atoms with Crippen LogP contribution in [0.4, 0.5) is 11.8 Å². The van der Waals surface area contributed by atoms with Gasteiger partial charge in [-0.05, 0) is 38.0 Å². The van der Waals surface area contributed by atoms with Crippen LogP contribution in [0.3, 0.4) is 0 Å². The van der Waals surface area contributed by atoms with E-state index in [1.54, 1.807) is 17.5 Å². The highest BCUT2D eigenvalue weighted by Crippen LogP contribution is 2.33. The van der Waals surface area contributed by atoms with Gasteiger partial charge < -0.3 is 10.4 Å². The van der Waals surface area contributed by atoms with Crippen molar-refractivity contribution in [1.82, 2.24) is 15.0 Å². The first-order valence-electron chi connectivity index (χ1n) is 9.03. The summed E-state index contributed by atoms with van der Waals surface area (Å²) in [6.07, 6.45) is 10.5. The van der Waals surface area contributed by atoms with Crippen LogP contribution in [-0.2, 0) is 0 Å². The molecule has 7 heteroatoms. The number of thiazole rings is 1. The molecule has 132 valence electrons. The fourth-order valence-electron chi connectivity index (χ4n) is 3.04. The van der Waals surface area contributed by atoms with E-state index in [2.05, 4.69) is 20.3 Å². The first kappa shape index (κ1) is 16.6. The quantitative estimate of drug-likeness (QED) is 0.821. The van der Waals surface area contributed by atoms with Crippen molar-refractivity contribution < 1.29 is 5.11 Å². The summed E-state index contributed by atoms with van der Waals surface area (Å²) in [5.74, 6) is 2.21. The van der Waals surface area contributed by atoms with Crippen LogP contribution in [-0.4, -0.2) is 38.4 Å². The summed E-state index contributed by atoms with van der Waals surface area (Å²) < 4.78 is 0. The van der Waals surface area contributed by atoms with Crippen molar-refractivity contribution in [2.24, 2.45) is 10.9 Å². The topological polar surface area (TPSA) is 83.3 Å². The Bertz CT molecular complexity index is 732. The molecular weight excluding hydrogens is 334 g/mol. The molecule has 0 unspecified atom stereocenters. The molecule has 4 rings (SSSR count). The first-order chi connectivity index (χ1) is 12.3. The Hall–Kier alpha value is -1.86. The number of aliphatic hydroxyl groups excluding tert-OH is 1. The maximum atomic E-state index is 9.69. The lowest BCUT2D eigenvalue weighted by Gasteiger charge is -2.18. The van der Waals surface area contributed by atoms with Crippen molar-refractivity contribution in [3.05, 3.63) is 17.8 Å². The highest BCUT2D eigenvalue weighted by molar-refractivity contribution is 7.13. The number of hydrogen-bond acceptors (Lipinski definition) is 7. The van der Waals surface area contributed by atoms with Crippen molar-refractivity contribution in [2.75, 3.05) is 11.9 Å². The van der Waals surface area contributed by atoms with Crippen molar-refractivity contribution in [2.45, 2.75) is 51.0 Å². The predicted molar refractivity (Wildman–Crippen MR) is 101 cm³/mol. The number of aromatic nitrogens is 3. The summed E-state index contributed by atoms with van der Waals surface area (Å²) in [5.41, 5.74) is 1.98. The number of hydrogen-bond donors (Lipinski definition) is 2. The molecule has 0 radical (unpaired) electrons. The van der Waals surface area contributed by atoms with Crippen molar-refractivity contribution in [1.29, 1.82) is 0 Å². The van der Waals surface area contributed by atoms with Crippen LogP contribution >= 0.6 is 11.3 Å². The van der Waals surface area contributed by atoms with Crippen molar-refractivity contribution >= 4 is 28.8 Å². The predicted octanol–water partition coefficient (Wildman–Crippen LogP) is 3.82. The molecule has 0 bridgehead atoms. The molecule has 0 amide bonds. The molecule has 2 saturated carbocycles. The SMILES string of the molecule is OC1CCC(=Nc2nc(NCCC3CC3)ncc2-c2nccs2)CC1. The molecule has 2 aromatic heterocycles. The standard InChI is InChI=1S/C18H23N5OS/c24-14-5-3-13(4-6-14)22-16-15(17-19-9-10-25-17)11-21-18(23-16)20-8-7-12-1-2-12/h9-12,14,24H,1-8H2,(H,20,21,23). The van der Waals surface area contributed by atoms with Crippen LogP contribution in [0.1, 0.15) is 44.9 Å². The molecule has 6 nitrogen and oxygen atoms in total. The summed E-state index contributed by atoms with van der Waals surface area (Å²) in [4.78, 5) is 18.3. The van der Waals surface area contributed by atoms with Crippen LogP contribution in [0.25, 0.3) is 10.6 Å². The molecule has 0 aromatic carbocycles. The minimum absolute atomic E-state index is 0.192. The minimum atomic E-state index is -0.192. The molecule has 2 aliphatic carbocycles. The number of aliphatic hydroxyl groups is 1. The number of rotatable bonds is 6. The highest BCUT2D eigenvalue weighted by atomic mass is 32.1. The Morgan fingerprint density at radius 2 is 2.04 bits per heavy atom. The summed E-state index contributed by atoms with van der Waals surface area (Å²) in [5, 5.41) is 15.9. The number of aliphatic imine (C=N–C) groups is 1. The van der Waals surface area contributed by atoms with E-state index in [0.29, 0.717) is 11.8 Å². The fraction of sp³-hybridized carbons (Fsp3) is 0.556. The van der Waals surface area contributed by atoms with Gasteiger partial charge in [0.25, 0.3) is 0 Å². The normalized spacial score (nSPS) is 20.5. The first-order valence-corrected chi connectivity index (χ1v) is 9.91. The molecule has 0 aliphatic heterocycles. The zero-order valence-electron chi connectivity index (χ0n) is 14.2. The Morgan fingerprint density at radius 1 is 1.20 bits per heavy atom. The smallest absolute Gasteiger partial charge is 0.224 e. The number of nitrogens with one attached hydrogen (secondary N) is 1. The second kappa shape index (κ2) is 7.58. The molecule has 2 N–H and O–H groups in total. The van der Waals surface area contributed by atoms with Gasteiger partial charge in [0.15, 0.2) is 5.82 Å². The minimum Gasteiger partial charge on any atom is -0.393 e. The Kier molecular flexibility index (Phi) is 5.03. The average Bonchev–Trinajstić information content (AvgIpc) is 3.28. The van der Waals surface area contributed by atoms with Crippen LogP contribution in [0, 0.1) is 5.92 Å². The van der Waals surface area contributed by atoms with E-state index < -0.39 is 0 Å². The van der Waals surface area contributed by atoms with Gasteiger partial charge in [0.1, 0.15) is 5.01 Å². The van der Waals surface area contributed by atoms with Gasteiger partial charge in [-0.1, -0.05) is 12.8 Å². The molecule has 25 heavy (non-hydrogen) atoms. The van der Waals surface area contributed by atoms with E-state index in [0.717, 1.165) is 54.4 Å². The van der Waals surface area contributed by atoms with Crippen LogP contribution in [0.5, 0.6) is 0 Å². The Morgan fingerprint density at radius 3 is 2.76 bits per heavy atom. The summed E-state index contributed by atoms with van der Waals surface area (Å²) in [6, 6.07) is 0. The molecule has 2 aromatic rings. The van der Waals surface area contributed by atoms with Crippen molar-refractivity contribution in [3.8, 4) is 10.6 Å². The second-order valence-corrected chi connectivity index (χ2v) is 7.73. The molecular formula is C18H23N5OS. The molecule has 0 atom stereocenters. The van der Waals surface area contributed by atoms with Gasteiger partial charge in [0.05, 0.1) is 11.7 Å². The van der Waals surface area contributed by atoms with Crippen LogP contribution in [0.15, 0.2) is 22.8 Å². The van der Waals surface area contributed by atoms with E-state index in [1.165, 1.54) is 19.3 Å². The lowest BCUT2D eigenvalue weighted by molar-refractivity contribution is 0.152. The number of anilines is 1. The zero-order valence-corrected chi connectivity index (χ0v) is 15.0. The largest absolute Gasteiger partial charge is 0.393 e. The van der Waals surface area contributed by atoms with Gasteiger partial charge in [-0.2, -0.15) is 4.98 Å². The summed E-state index contributed by atoms with van der Waals surface area (Å²) >= 11 is 1.57. The second-order valence-electron chi connectivity index (χ2n) is 6.84. The van der Waals surface area contributed by atoms with E-state index in [4.69, 9.17) is 4.99 Å². The maximum Gasteiger partial charge on any atom is 0.224 e. The lowest BCUT2D eigenvalue weighted by atomic mass is 9.96. The van der Waals surface area contributed by atoms with Crippen LogP contribution < -0.4 is 5.32 Å². The van der Waals surface area contributed by atoms with Gasteiger partial charge >= 0.3 is 0 Å². The summed E-state index contributed by atoms with van der Waals surface area (Å²) in [7, 11) is 0. The Balaban J connectivity index is 1.56.